The van der Waals surface area contributed by atoms with Gasteiger partial charge in [0.2, 0.25) is 9.84 Å². The van der Waals surface area contributed by atoms with Crippen molar-refractivity contribution < 1.29 is 8.42 Å². The lowest BCUT2D eigenvalue weighted by molar-refractivity contribution is 0.591. The van der Waals surface area contributed by atoms with Gasteiger partial charge in [0.05, 0.1) is 10.8 Å². The average Bonchev–Trinajstić information content (AvgIpc) is 2.32. The topological polar surface area (TPSA) is 47.0 Å². The molecule has 1 aromatic heterocycles. The van der Waals surface area contributed by atoms with Gasteiger partial charge in [0.1, 0.15) is 0 Å². The molecule has 0 aliphatic carbocycles. The molecule has 0 unspecified atom stereocenters. The van der Waals surface area contributed by atoms with E-state index in [2.05, 4.69) is 4.98 Å². The molecule has 0 spiro atoms. The minimum absolute atomic E-state index is 0.115. The molecule has 0 atom stereocenters. The summed E-state index contributed by atoms with van der Waals surface area (Å²) in [5.74, 6) is -0.219. The summed E-state index contributed by atoms with van der Waals surface area (Å²) in [7, 11) is -3.59. The first kappa shape index (κ1) is 13.3. The molecule has 2 rings (SSSR count). The van der Waals surface area contributed by atoms with E-state index in [1.54, 1.807) is 30.3 Å². The van der Waals surface area contributed by atoms with Crippen LogP contribution >= 0.6 is 23.2 Å². The van der Waals surface area contributed by atoms with E-state index in [9.17, 15) is 8.42 Å². The number of benzene rings is 1. The smallest absolute Gasteiger partial charge is 0.201 e. The summed E-state index contributed by atoms with van der Waals surface area (Å²) in [6, 6.07) is 9.86. The van der Waals surface area contributed by atoms with E-state index in [1.807, 2.05) is 0 Å². The summed E-state index contributed by atoms with van der Waals surface area (Å²) in [5, 5.41) is 0.407. The highest BCUT2D eigenvalue weighted by Crippen LogP contribution is 2.24. The molecule has 0 saturated heterocycles. The van der Waals surface area contributed by atoms with E-state index in [0.717, 1.165) is 0 Å². The Morgan fingerprint density at radius 3 is 2.33 bits per heavy atom. The standard InChI is InChI=1S/C12H9Cl2NO2S/c13-10-5-2-1-4-9(10)8-18(16,17)12-11(14)6-3-7-15-12/h1-7H,8H2. The molecule has 0 saturated carbocycles. The Labute approximate surface area is 115 Å². The van der Waals surface area contributed by atoms with Crippen LogP contribution in [0.1, 0.15) is 5.56 Å². The third-order valence-electron chi connectivity index (χ3n) is 2.32. The number of sulfone groups is 1. The van der Waals surface area contributed by atoms with Crippen LogP contribution in [0, 0.1) is 0 Å². The van der Waals surface area contributed by atoms with Crippen LogP contribution in [0.3, 0.4) is 0 Å². The molecular formula is C12H9Cl2NO2S. The molecule has 0 aliphatic heterocycles. The van der Waals surface area contributed by atoms with Crippen LogP contribution in [0.5, 0.6) is 0 Å². The maximum absolute atomic E-state index is 12.2. The van der Waals surface area contributed by atoms with Gasteiger partial charge in [0.25, 0.3) is 0 Å². The van der Waals surface area contributed by atoms with Gasteiger partial charge in [0, 0.05) is 11.2 Å². The lowest BCUT2D eigenvalue weighted by Gasteiger charge is -2.06. The second kappa shape index (κ2) is 5.26. The molecule has 0 radical (unpaired) electrons. The summed E-state index contributed by atoms with van der Waals surface area (Å²) < 4.78 is 24.3. The molecule has 2 aromatic rings. The van der Waals surface area contributed by atoms with Gasteiger partial charge in [-0.25, -0.2) is 13.4 Å². The van der Waals surface area contributed by atoms with Crippen LogP contribution in [0.15, 0.2) is 47.6 Å². The number of rotatable bonds is 3. The van der Waals surface area contributed by atoms with Crippen LogP contribution in [-0.2, 0) is 15.6 Å². The largest absolute Gasteiger partial charge is 0.243 e. The molecule has 0 amide bonds. The van der Waals surface area contributed by atoms with Gasteiger partial charge >= 0.3 is 0 Å². The van der Waals surface area contributed by atoms with Crippen molar-refractivity contribution in [3.8, 4) is 0 Å². The van der Waals surface area contributed by atoms with Gasteiger partial charge < -0.3 is 0 Å². The Morgan fingerprint density at radius 1 is 1.00 bits per heavy atom. The van der Waals surface area contributed by atoms with E-state index >= 15 is 0 Å². The normalized spacial score (nSPS) is 11.4. The van der Waals surface area contributed by atoms with Crippen LogP contribution in [-0.4, -0.2) is 13.4 Å². The molecule has 0 bridgehead atoms. The lowest BCUT2D eigenvalue weighted by atomic mass is 10.2. The molecule has 0 aliphatic rings. The zero-order chi connectivity index (χ0) is 13.2. The minimum Gasteiger partial charge on any atom is -0.243 e. The zero-order valence-corrected chi connectivity index (χ0v) is 11.5. The number of hydrogen-bond donors (Lipinski definition) is 0. The number of nitrogens with zero attached hydrogens (tertiary/aromatic N) is 1. The van der Waals surface area contributed by atoms with Crippen molar-refractivity contribution in [3.63, 3.8) is 0 Å². The number of halogens is 2. The maximum Gasteiger partial charge on any atom is 0.201 e. The van der Waals surface area contributed by atoms with Crippen LogP contribution in [0.4, 0.5) is 0 Å². The van der Waals surface area contributed by atoms with Crippen LogP contribution in [0.25, 0.3) is 0 Å². The fourth-order valence-electron chi connectivity index (χ4n) is 1.49. The fourth-order valence-corrected chi connectivity index (χ4v) is 3.63. The first-order valence-electron chi connectivity index (χ1n) is 5.07. The summed E-state index contributed by atoms with van der Waals surface area (Å²) in [4.78, 5) is 3.81. The van der Waals surface area contributed by atoms with Crippen molar-refractivity contribution in [2.45, 2.75) is 10.8 Å². The number of hydrogen-bond acceptors (Lipinski definition) is 3. The summed E-state index contributed by atoms with van der Waals surface area (Å²) in [6.45, 7) is 0. The highest BCUT2D eigenvalue weighted by molar-refractivity contribution is 7.90. The van der Waals surface area contributed by atoms with Gasteiger partial charge in [0.15, 0.2) is 5.03 Å². The van der Waals surface area contributed by atoms with E-state index in [0.29, 0.717) is 10.6 Å². The molecule has 0 N–H and O–H groups in total. The van der Waals surface area contributed by atoms with Gasteiger partial charge in [-0.15, -0.1) is 0 Å². The Morgan fingerprint density at radius 2 is 1.67 bits per heavy atom. The van der Waals surface area contributed by atoms with Gasteiger partial charge in [-0.3, -0.25) is 0 Å². The predicted molar refractivity (Wildman–Crippen MR) is 71.6 cm³/mol. The second-order valence-electron chi connectivity index (χ2n) is 3.64. The predicted octanol–water partition coefficient (Wildman–Crippen LogP) is 3.36. The molecular weight excluding hydrogens is 293 g/mol. The van der Waals surface area contributed by atoms with E-state index in [-0.39, 0.29) is 15.8 Å². The Hall–Kier alpha value is -1.10. The SMILES string of the molecule is O=S(=O)(Cc1ccccc1Cl)c1ncccc1Cl. The third kappa shape index (κ3) is 2.83. The Kier molecular flexibility index (Phi) is 3.90. The quantitative estimate of drug-likeness (QED) is 0.873. The Bertz CT molecular complexity index is 671. The molecule has 1 aromatic carbocycles. The molecule has 0 fully saturated rings. The van der Waals surface area contributed by atoms with Gasteiger partial charge in [-0.05, 0) is 23.8 Å². The van der Waals surface area contributed by atoms with Gasteiger partial charge in [-0.1, -0.05) is 41.4 Å². The van der Waals surface area contributed by atoms with Crippen molar-refractivity contribution in [1.29, 1.82) is 0 Å². The summed E-state index contributed by atoms with van der Waals surface area (Å²) >= 11 is 11.8. The molecule has 18 heavy (non-hydrogen) atoms. The first-order chi connectivity index (χ1) is 8.50. The van der Waals surface area contributed by atoms with E-state index in [4.69, 9.17) is 23.2 Å². The maximum atomic E-state index is 12.2. The summed E-state index contributed by atoms with van der Waals surface area (Å²) in [6.07, 6.45) is 1.39. The average molecular weight is 302 g/mol. The van der Waals surface area contributed by atoms with Crippen molar-refractivity contribution in [2.24, 2.45) is 0 Å². The monoisotopic (exact) mass is 301 g/mol. The van der Waals surface area contributed by atoms with Crippen molar-refractivity contribution in [1.82, 2.24) is 4.98 Å². The second-order valence-corrected chi connectivity index (χ2v) is 6.36. The molecule has 3 nitrogen and oxygen atoms in total. The highest BCUT2D eigenvalue weighted by Gasteiger charge is 2.21. The molecule has 1 heterocycles. The van der Waals surface area contributed by atoms with Crippen molar-refractivity contribution in [3.05, 3.63) is 58.2 Å². The van der Waals surface area contributed by atoms with Crippen molar-refractivity contribution in [2.75, 3.05) is 0 Å². The molecule has 94 valence electrons. The van der Waals surface area contributed by atoms with Crippen LogP contribution < -0.4 is 0 Å². The van der Waals surface area contributed by atoms with Crippen molar-refractivity contribution >= 4 is 33.0 Å². The lowest BCUT2D eigenvalue weighted by Crippen LogP contribution is -2.08. The number of aromatic nitrogens is 1. The number of pyridine rings is 1. The molecule has 6 heteroatoms. The summed E-state index contributed by atoms with van der Waals surface area (Å²) in [5.41, 5.74) is 0.529. The minimum atomic E-state index is -3.59. The van der Waals surface area contributed by atoms with Crippen LogP contribution in [0.2, 0.25) is 10.0 Å². The fraction of sp³-hybridized carbons (Fsp3) is 0.0833. The Balaban J connectivity index is 2.40. The third-order valence-corrected chi connectivity index (χ3v) is 4.71. The van der Waals surface area contributed by atoms with Gasteiger partial charge in [-0.2, -0.15) is 0 Å². The van der Waals surface area contributed by atoms with E-state index in [1.165, 1.54) is 12.3 Å². The zero-order valence-electron chi connectivity index (χ0n) is 9.18. The van der Waals surface area contributed by atoms with E-state index < -0.39 is 9.84 Å². The first-order valence-corrected chi connectivity index (χ1v) is 7.48. The highest BCUT2D eigenvalue weighted by atomic mass is 35.5.